The third-order valence-corrected chi connectivity index (χ3v) is 2.58. The van der Waals surface area contributed by atoms with Gasteiger partial charge in [0.15, 0.2) is 0 Å². The maximum absolute atomic E-state index is 8.33. The van der Waals surface area contributed by atoms with E-state index in [1.165, 1.54) is 0 Å². The summed E-state index contributed by atoms with van der Waals surface area (Å²) in [4.78, 5) is 0. The Balaban J connectivity index is 3.53. The molecule has 2 heteroatoms. The monoisotopic (exact) mass is 168 g/mol. The standard InChI is InChI=1S/C10H20N2/c1-4-10(3,5-2)12-9-7-6-8-11/h12H,4-7,9H2,1-3H3. The van der Waals surface area contributed by atoms with Gasteiger partial charge >= 0.3 is 0 Å². The molecule has 12 heavy (non-hydrogen) atoms. The molecule has 0 rings (SSSR count). The molecule has 0 aliphatic heterocycles. The van der Waals surface area contributed by atoms with Crippen molar-refractivity contribution >= 4 is 0 Å². The Morgan fingerprint density at radius 3 is 2.33 bits per heavy atom. The van der Waals surface area contributed by atoms with Gasteiger partial charge in [-0.3, -0.25) is 0 Å². The summed E-state index contributed by atoms with van der Waals surface area (Å²) < 4.78 is 0. The number of nitrogens with zero attached hydrogens (tertiary/aromatic N) is 1. The van der Waals surface area contributed by atoms with Gasteiger partial charge in [-0.15, -0.1) is 0 Å². The minimum Gasteiger partial charge on any atom is -0.312 e. The van der Waals surface area contributed by atoms with E-state index in [0.717, 1.165) is 25.8 Å². The van der Waals surface area contributed by atoms with Crippen molar-refractivity contribution in [2.24, 2.45) is 0 Å². The minimum atomic E-state index is 0.273. The van der Waals surface area contributed by atoms with Crippen molar-refractivity contribution in [2.45, 2.75) is 52.0 Å². The number of hydrogen-bond acceptors (Lipinski definition) is 2. The van der Waals surface area contributed by atoms with Gasteiger partial charge < -0.3 is 5.32 Å². The smallest absolute Gasteiger partial charge is 0.0622 e. The fourth-order valence-electron chi connectivity index (χ4n) is 1.06. The fourth-order valence-corrected chi connectivity index (χ4v) is 1.06. The van der Waals surface area contributed by atoms with E-state index in [2.05, 4.69) is 32.2 Å². The summed E-state index contributed by atoms with van der Waals surface area (Å²) in [6.45, 7) is 7.59. The highest BCUT2D eigenvalue weighted by molar-refractivity contribution is 4.80. The second-order valence-corrected chi connectivity index (χ2v) is 3.46. The molecule has 0 unspecified atom stereocenters. The van der Waals surface area contributed by atoms with Crippen molar-refractivity contribution < 1.29 is 0 Å². The van der Waals surface area contributed by atoms with Crippen LogP contribution in [0.5, 0.6) is 0 Å². The summed E-state index contributed by atoms with van der Waals surface area (Å²) in [6, 6.07) is 2.15. The van der Waals surface area contributed by atoms with Gasteiger partial charge in [0.2, 0.25) is 0 Å². The second-order valence-electron chi connectivity index (χ2n) is 3.46. The van der Waals surface area contributed by atoms with Gasteiger partial charge in [0.05, 0.1) is 6.07 Å². The van der Waals surface area contributed by atoms with Crippen molar-refractivity contribution in [3.63, 3.8) is 0 Å². The lowest BCUT2D eigenvalue weighted by Gasteiger charge is -2.28. The Bertz CT molecular complexity index is 142. The minimum absolute atomic E-state index is 0.273. The van der Waals surface area contributed by atoms with Crippen LogP contribution in [-0.4, -0.2) is 12.1 Å². The van der Waals surface area contributed by atoms with E-state index in [0.29, 0.717) is 6.42 Å². The highest BCUT2D eigenvalue weighted by Crippen LogP contribution is 2.12. The molecule has 0 spiro atoms. The highest BCUT2D eigenvalue weighted by Gasteiger charge is 2.17. The molecule has 0 aliphatic rings. The molecule has 0 radical (unpaired) electrons. The number of rotatable bonds is 6. The summed E-state index contributed by atoms with van der Waals surface area (Å²) in [5.74, 6) is 0. The maximum Gasteiger partial charge on any atom is 0.0622 e. The summed E-state index contributed by atoms with van der Waals surface area (Å²) in [6.07, 6.45) is 3.93. The van der Waals surface area contributed by atoms with Gasteiger partial charge in [-0.2, -0.15) is 5.26 Å². The lowest BCUT2D eigenvalue weighted by Crippen LogP contribution is -2.41. The average Bonchev–Trinajstić information content (AvgIpc) is 2.12. The first-order chi connectivity index (χ1) is 5.68. The van der Waals surface area contributed by atoms with Crippen molar-refractivity contribution in [2.75, 3.05) is 6.54 Å². The molecule has 0 heterocycles. The molecule has 0 amide bonds. The third-order valence-electron chi connectivity index (χ3n) is 2.58. The number of nitriles is 1. The van der Waals surface area contributed by atoms with Crippen molar-refractivity contribution in [1.82, 2.24) is 5.32 Å². The fraction of sp³-hybridized carbons (Fsp3) is 0.900. The van der Waals surface area contributed by atoms with E-state index in [9.17, 15) is 0 Å². The zero-order chi connectivity index (χ0) is 9.45. The Kier molecular flexibility index (Phi) is 5.74. The first-order valence-corrected chi connectivity index (χ1v) is 4.80. The second kappa shape index (κ2) is 6.02. The third kappa shape index (κ3) is 4.35. The van der Waals surface area contributed by atoms with E-state index in [1.807, 2.05) is 0 Å². The summed E-state index contributed by atoms with van der Waals surface area (Å²) >= 11 is 0. The van der Waals surface area contributed by atoms with Gasteiger partial charge in [0, 0.05) is 12.0 Å². The zero-order valence-electron chi connectivity index (χ0n) is 8.48. The molecule has 0 saturated carbocycles. The van der Waals surface area contributed by atoms with Crippen LogP contribution in [0.1, 0.15) is 46.5 Å². The lowest BCUT2D eigenvalue weighted by molar-refractivity contribution is 0.331. The Labute approximate surface area is 76.0 Å². The van der Waals surface area contributed by atoms with Gasteiger partial charge in [-0.1, -0.05) is 13.8 Å². The zero-order valence-corrected chi connectivity index (χ0v) is 8.48. The summed E-state index contributed by atoms with van der Waals surface area (Å²) in [5.41, 5.74) is 0.273. The van der Waals surface area contributed by atoms with Crippen LogP contribution in [-0.2, 0) is 0 Å². The van der Waals surface area contributed by atoms with E-state index >= 15 is 0 Å². The first-order valence-electron chi connectivity index (χ1n) is 4.80. The van der Waals surface area contributed by atoms with E-state index in [1.54, 1.807) is 0 Å². The Morgan fingerprint density at radius 2 is 1.92 bits per heavy atom. The lowest BCUT2D eigenvalue weighted by atomic mass is 9.95. The van der Waals surface area contributed by atoms with Crippen LogP contribution < -0.4 is 5.32 Å². The van der Waals surface area contributed by atoms with Crippen LogP contribution >= 0.6 is 0 Å². The molecular formula is C10H20N2. The molecule has 0 aromatic carbocycles. The van der Waals surface area contributed by atoms with Crippen LogP contribution in [0.15, 0.2) is 0 Å². The van der Waals surface area contributed by atoms with E-state index in [-0.39, 0.29) is 5.54 Å². The summed E-state index contributed by atoms with van der Waals surface area (Å²) in [7, 11) is 0. The number of nitrogens with one attached hydrogen (secondary N) is 1. The largest absolute Gasteiger partial charge is 0.312 e. The van der Waals surface area contributed by atoms with Crippen molar-refractivity contribution in [1.29, 1.82) is 5.26 Å². The van der Waals surface area contributed by atoms with Crippen LogP contribution in [0.4, 0.5) is 0 Å². The van der Waals surface area contributed by atoms with Crippen LogP contribution in [0.3, 0.4) is 0 Å². The summed E-state index contributed by atoms with van der Waals surface area (Å²) in [5, 5.41) is 11.8. The Hall–Kier alpha value is -0.550. The molecule has 1 N–H and O–H groups in total. The molecule has 0 fully saturated rings. The van der Waals surface area contributed by atoms with Crippen LogP contribution in [0.25, 0.3) is 0 Å². The molecule has 0 saturated heterocycles. The predicted molar refractivity (Wildman–Crippen MR) is 51.8 cm³/mol. The molecule has 0 bridgehead atoms. The van der Waals surface area contributed by atoms with Crippen LogP contribution in [0.2, 0.25) is 0 Å². The molecule has 0 atom stereocenters. The predicted octanol–water partition coefficient (Wildman–Crippen LogP) is 2.46. The number of unbranched alkanes of at least 4 members (excludes halogenated alkanes) is 1. The molecule has 0 aliphatic carbocycles. The van der Waals surface area contributed by atoms with Gasteiger partial charge in [0.1, 0.15) is 0 Å². The molecule has 0 aromatic heterocycles. The topological polar surface area (TPSA) is 35.8 Å². The van der Waals surface area contributed by atoms with E-state index in [4.69, 9.17) is 5.26 Å². The first kappa shape index (κ1) is 11.4. The highest BCUT2D eigenvalue weighted by atomic mass is 15.0. The molecule has 70 valence electrons. The SMILES string of the molecule is CCC(C)(CC)NCCCC#N. The quantitative estimate of drug-likeness (QED) is 0.618. The molecule has 2 nitrogen and oxygen atoms in total. The normalized spacial score (nSPS) is 11.2. The van der Waals surface area contributed by atoms with Crippen molar-refractivity contribution in [3.05, 3.63) is 0 Å². The van der Waals surface area contributed by atoms with E-state index < -0.39 is 0 Å². The van der Waals surface area contributed by atoms with Crippen molar-refractivity contribution in [3.8, 4) is 6.07 Å². The molecular weight excluding hydrogens is 148 g/mol. The van der Waals surface area contributed by atoms with Gasteiger partial charge in [-0.05, 0) is 32.7 Å². The van der Waals surface area contributed by atoms with Gasteiger partial charge in [-0.25, -0.2) is 0 Å². The average molecular weight is 168 g/mol. The Morgan fingerprint density at radius 1 is 1.33 bits per heavy atom. The molecule has 0 aromatic rings. The number of hydrogen-bond donors (Lipinski definition) is 1. The van der Waals surface area contributed by atoms with Crippen LogP contribution in [0, 0.1) is 11.3 Å². The maximum atomic E-state index is 8.33. The van der Waals surface area contributed by atoms with Gasteiger partial charge in [0.25, 0.3) is 0 Å².